The van der Waals surface area contributed by atoms with Crippen molar-refractivity contribution < 1.29 is 19.0 Å². The lowest BCUT2D eigenvalue weighted by Gasteiger charge is -2.37. The summed E-state index contributed by atoms with van der Waals surface area (Å²) >= 11 is 6.59. The van der Waals surface area contributed by atoms with E-state index in [-0.39, 0.29) is 11.9 Å². The minimum absolute atomic E-state index is 0.177. The third-order valence-electron chi connectivity index (χ3n) is 6.66. The Hall–Kier alpha value is -4.35. The maximum absolute atomic E-state index is 15.4. The topological polar surface area (TPSA) is 110 Å². The van der Waals surface area contributed by atoms with E-state index in [1.54, 1.807) is 60.1 Å². The van der Waals surface area contributed by atoms with Gasteiger partial charge in [0.2, 0.25) is 0 Å². The van der Waals surface area contributed by atoms with Gasteiger partial charge in [-0.2, -0.15) is 0 Å². The summed E-state index contributed by atoms with van der Waals surface area (Å²) in [4.78, 5) is 30.8. The summed E-state index contributed by atoms with van der Waals surface area (Å²) in [6, 6.07) is 9.94. The van der Waals surface area contributed by atoms with Crippen LogP contribution in [0.1, 0.15) is 6.92 Å². The molecule has 1 unspecified atom stereocenters. The van der Waals surface area contributed by atoms with Crippen LogP contribution in [0, 0.1) is 5.82 Å². The third kappa shape index (κ3) is 4.70. The van der Waals surface area contributed by atoms with Crippen LogP contribution >= 0.6 is 11.6 Å². The van der Waals surface area contributed by atoms with E-state index in [1.807, 2.05) is 4.68 Å². The summed E-state index contributed by atoms with van der Waals surface area (Å²) in [6.07, 6.45) is 5.42. The van der Waals surface area contributed by atoms with Crippen molar-refractivity contribution in [1.82, 2.24) is 29.5 Å². The second-order valence-electron chi connectivity index (χ2n) is 9.16. The predicted octanol–water partition coefficient (Wildman–Crippen LogP) is 3.79. The van der Waals surface area contributed by atoms with E-state index in [1.165, 1.54) is 13.0 Å². The molecule has 1 saturated heterocycles. The van der Waals surface area contributed by atoms with Gasteiger partial charge in [0.25, 0.3) is 5.91 Å². The van der Waals surface area contributed by atoms with E-state index >= 15 is 4.39 Å². The normalized spacial score (nSPS) is 14.7. The summed E-state index contributed by atoms with van der Waals surface area (Å²) < 4.78 is 22.9. The Labute approximate surface area is 227 Å². The SMILES string of the molecule is CC(O)C(=O)N1CCN(n2cnc3cnc4cc(F)c(-c5ccc(Oc6ncccn6)cc5Cl)cc4c32)CC1. The first-order valence-electron chi connectivity index (χ1n) is 12.3. The zero-order chi connectivity index (χ0) is 27.1. The number of rotatable bonds is 5. The summed E-state index contributed by atoms with van der Waals surface area (Å²) in [5, 5.41) is 12.7. The number of halogens is 2. The summed E-state index contributed by atoms with van der Waals surface area (Å²) in [6.45, 7) is 3.48. The summed E-state index contributed by atoms with van der Waals surface area (Å²) in [5.41, 5.74) is 2.70. The molecule has 4 heterocycles. The van der Waals surface area contributed by atoms with E-state index in [4.69, 9.17) is 16.3 Å². The van der Waals surface area contributed by atoms with E-state index in [0.717, 1.165) is 5.52 Å². The third-order valence-corrected chi connectivity index (χ3v) is 6.97. The van der Waals surface area contributed by atoms with Crippen LogP contribution < -0.4 is 9.75 Å². The molecule has 0 spiro atoms. The average Bonchev–Trinajstić information content (AvgIpc) is 3.38. The molecule has 0 saturated carbocycles. The Morgan fingerprint density at radius 1 is 1.03 bits per heavy atom. The molecule has 0 radical (unpaired) electrons. The van der Waals surface area contributed by atoms with Gasteiger partial charge in [-0.25, -0.2) is 24.0 Å². The number of ether oxygens (including phenoxy) is 1. The fourth-order valence-electron chi connectivity index (χ4n) is 4.74. The van der Waals surface area contributed by atoms with Gasteiger partial charge in [0.15, 0.2) is 0 Å². The van der Waals surface area contributed by atoms with E-state index < -0.39 is 11.9 Å². The Morgan fingerprint density at radius 3 is 2.51 bits per heavy atom. The van der Waals surface area contributed by atoms with Gasteiger partial charge < -0.3 is 19.8 Å². The van der Waals surface area contributed by atoms with Crippen LogP contribution in [0.25, 0.3) is 33.1 Å². The molecule has 1 amide bonds. The molecule has 0 aliphatic carbocycles. The van der Waals surface area contributed by atoms with Crippen LogP contribution in [0.3, 0.4) is 0 Å². The number of hydrogen-bond acceptors (Lipinski definition) is 8. The number of hydrogen-bond donors (Lipinski definition) is 1. The standard InChI is InChI=1S/C27H23ClFN7O3/c1-16(37)26(38)34-7-9-35(10-8-34)36-15-33-24-14-32-23-13-22(29)19(12-20(23)25(24)36)18-4-3-17(11-21(18)28)39-27-30-5-2-6-31-27/h2-6,11-16,37H,7-10H2,1H3. The van der Waals surface area contributed by atoms with Gasteiger partial charge in [-0.1, -0.05) is 11.6 Å². The highest BCUT2D eigenvalue weighted by Crippen LogP contribution is 2.36. The molecule has 39 heavy (non-hydrogen) atoms. The molecular weight excluding hydrogens is 525 g/mol. The number of imidazole rings is 1. The lowest BCUT2D eigenvalue weighted by Crippen LogP contribution is -2.54. The molecule has 3 aromatic heterocycles. The number of piperazine rings is 1. The second kappa shape index (κ2) is 10.1. The molecule has 1 N–H and O–H groups in total. The number of amides is 1. The van der Waals surface area contributed by atoms with Gasteiger partial charge in [-0.15, -0.1) is 0 Å². The number of aromatic nitrogens is 5. The van der Waals surface area contributed by atoms with Gasteiger partial charge in [-0.05, 0) is 31.2 Å². The molecule has 0 bridgehead atoms. The van der Waals surface area contributed by atoms with Crippen molar-refractivity contribution in [3.05, 3.63) is 72.2 Å². The van der Waals surface area contributed by atoms with Crippen molar-refractivity contribution in [2.24, 2.45) is 0 Å². The number of carbonyl (C=O) groups excluding carboxylic acids is 1. The molecular formula is C27H23ClFN7O3. The molecule has 1 fully saturated rings. The molecule has 2 aromatic carbocycles. The lowest BCUT2D eigenvalue weighted by atomic mass is 10.0. The first kappa shape index (κ1) is 25.0. The van der Waals surface area contributed by atoms with Gasteiger partial charge >= 0.3 is 6.01 Å². The van der Waals surface area contributed by atoms with Crippen molar-refractivity contribution in [1.29, 1.82) is 0 Å². The number of carbonyl (C=O) groups is 1. The zero-order valence-corrected chi connectivity index (χ0v) is 21.6. The van der Waals surface area contributed by atoms with Crippen LogP contribution in [0.15, 0.2) is 61.3 Å². The van der Waals surface area contributed by atoms with Gasteiger partial charge in [0.05, 0.1) is 29.8 Å². The van der Waals surface area contributed by atoms with Crippen molar-refractivity contribution in [2.45, 2.75) is 13.0 Å². The van der Waals surface area contributed by atoms with Crippen LogP contribution in [0.5, 0.6) is 11.8 Å². The largest absolute Gasteiger partial charge is 0.424 e. The Kier molecular flexibility index (Phi) is 6.45. The smallest absolute Gasteiger partial charge is 0.321 e. The highest BCUT2D eigenvalue weighted by atomic mass is 35.5. The number of benzene rings is 2. The summed E-state index contributed by atoms with van der Waals surface area (Å²) in [5.74, 6) is -0.330. The van der Waals surface area contributed by atoms with Crippen molar-refractivity contribution in [3.63, 3.8) is 0 Å². The lowest BCUT2D eigenvalue weighted by molar-refractivity contribution is -0.139. The minimum atomic E-state index is -1.03. The fourth-order valence-corrected chi connectivity index (χ4v) is 5.01. The quantitative estimate of drug-likeness (QED) is 0.354. The monoisotopic (exact) mass is 547 g/mol. The number of fused-ring (bicyclic) bond motifs is 3. The number of pyridine rings is 1. The Bertz CT molecular complexity index is 1690. The van der Waals surface area contributed by atoms with Crippen molar-refractivity contribution in [2.75, 3.05) is 31.2 Å². The number of aliphatic hydroxyl groups is 1. The first-order chi connectivity index (χ1) is 18.9. The molecule has 198 valence electrons. The molecule has 1 aliphatic heterocycles. The van der Waals surface area contributed by atoms with Crippen LogP contribution in [0.2, 0.25) is 5.02 Å². The van der Waals surface area contributed by atoms with Crippen LogP contribution in [-0.4, -0.2) is 72.8 Å². The van der Waals surface area contributed by atoms with E-state index in [2.05, 4.69) is 24.9 Å². The molecule has 5 aromatic rings. The zero-order valence-electron chi connectivity index (χ0n) is 20.8. The minimum Gasteiger partial charge on any atom is -0.424 e. The molecule has 1 aliphatic rings. The molecule has 10 nitrogen and oxygen atoms in total. The Morgan fingerprint density at radius 2 is 1.79 bits per heavy atom. The maximum atomic E-state index is 15.4. The second-order valence-corrected chi connectivity index (χ2v) is 9.57. The molecule has 6 rings (SSSR count). The van der Waals surface area contributed by atoms with Gasteiger partial charge in [0.1, 0.15) is 35.0 Å². The van der Waals surface area contributed by atoms with Gasteiger partial charge in [0, 0.05) is 54.1 Å². The van der Waals surface area contributed by atoms with E-state index in [9.17, 15) is 9.90 Å². The van der Waals surface area contributed by atoms with Gasteiger partial charge in [-0.3, -0.25) is 9.78 Å². The number of nitrogens with zero attached hydrogens (tertiary/aromatic N) is 7. The highest BCUT2D eigenvalue weighted by molar-refractivity contribution is 6.33. The van der Waals surface area contributed by atoms with Crippen molar-refractivity contribution >= 4 is 39.4 Å². The number of aliphatic hydroxyl groups excluding tert-OH is 1. The Balaban J connectivity index is 1.36. The van der Waals surface area contributed by atoms with E-state index in [0.29, 0.717) is 64.5 Å². The maximum Gasteiger partial charge on any atom is 0.321 e. The molecule has 12 heteroatoms. The van der Waals surface area contributed by atoms with Crippen molar-refractivity contribution in [3.8, 4) is 22.9 Å². The fraction of sp³-hybridized carbons (Fsp3) is 0.222. The van der Waals surface area contributed by atoms with Crippen LogP contribution in [0.4, 0.5) is 4.39 Å². The summed E-state index contributed by atoms with van der Waals surface area (Å²) in [7, 11) is 0. The predicted molar refractivity (Wildman–Crippen MR) is 144 cm³/mol. The average molecular weight is 548 g/mol. The van der Waals surface area contributed by atoms with Crippen LogP contribution in [-0.2, 0) is 4.79 Å². The molecule has 1 atom stereocenters. The highest BCUT2D eigenvalue weighted by Gasteiger charge is 2.25. The first-order valence-corrected chi connectivity index (χ1v) is 12.7.